The molecule has 0 aliphatic rings. The molecule has 0 aliphatic heterocycles. The molecular formula is C17H15N3O2. The minimum absolute atomic E-state index is 0.154. The van der Waals surface area contributed by atoms with Crippen LogP contribution in [0.4, 0.5) is 0 Å². The minimum atomic E-state index is -0.154. The fourth-order valence-corrected chi connectivity index (χ4v) is 2.18. The molecule has 5 nitrogen and oxygen atoms in total. The van der Waals surface area contributed by atoms with Crippen LogP contribution in [0.1, 0.15) is 21.6 Å². The lowest BCUT2D eigenvalue weighted by molar-refractivity contribution is 0.103. The van der Waals surface area contributed by atoms with Crippen molar-refractivity contribution in [2.45, 2.75) is 6.92 Å². The first-order chi connectivity index (χ1) is 10.7. The highest BCUT2D eigenvalue weighted by atomic mass is 16.5. The molecule has 0 fully saturated rings. The molecule has 0 atom stereocenters. The molecule has 3 rings (SSSR count). The Morgan fingerprint density at radius 2 is 1.91 bits per heavy atom. The molecule has 0 radical (unpaired) electrons. The van der Waals surface area contributed by atoms with Crippen molar-refractivity contribution in [2.24, 2.45) is 0 Å². The number of carbonyl (C=O) groups is 1. The highest BCUT2D eigenvalue weighted by molar-refractivity contribution is 6.07. The SMILES string of the molecule is COc1ccc(C)cc1-n1ncc(C(=O)c2ccccc2)n1. The maximum absolute atomic E-state index is 12.4. The molecule has 110 valence electrons. The highest BCUT2D eigenvalue weighted by Gasteiger charge is 2.15. The third-order valence-electron chi connectivity index (χ3n) is 3.31. The monoisotopic (exact) mass is 293 g/mol. The molecule has 1 heterocycles. The zero-order valence-corrected chi connectivity index (χ0v) is 12.4. The summed E-state index contributed by atoms with van der Waals surface area (Å²) in [6.45, 7) is 1.97. The summed E-state index contributed by atoms with van der Waals surface area (Å²) in [5, 5.41) is 8.47. The van der Waals surface area contributed by atoms with Gasteiger partial charge < -0.3 is 4.74 Å². The van der Waals surface area contributed by atoms with Crippen LogP contribution in [-0.2, 0) is 0 Å². The number of hydrogen-bond acceptors (Lipinski definition) is 4. The van der Waals surface area contributed by atoms with Gasteiger partial charge in [0.25, 0.3) is 0 Å². The van der Waals surface area contributed by atoms with Gasteiger partial charge in [0.05, 0.1) is 13.3 Å². The van der Waals surface area contributed by atoms with Gasteiger partial charge in [-0.15, -0.1) is 9.90 Å². The lowest BCUT2D eigenvalue weighted by Gasteiger charge is -2.07. The van der Waals surface area contributed by atoms with Crippen LogP contribution < -0.4 is 4.74 Å². The average molecular weight is 293 g/mol. The van der Waals surface area contributed by atoms with Gasteiger partial charge in [0.1, 0.15) is 11.4 Å². The van der Waals surface area contributed by atoms with Crippen molar-refractivity contribution in [1.82, 2.24) is 15.0 Å². The number of rotatable bonds is 4. The Morgan fingerprint density at radius 1 is 1.14 bits per heavy atom. The van der Waals surface area contributed by atoms with Gasteiger partial charge in [0.15, 0.2) is 5.69 Å². The molecule has 0 amide bonds. The lowest BCUT2D eigenvalue weighted by atomic mass is 10.1. The quantitative estimate of drug-likeness (QED) is 0.694. The third kappa shape index (κ3) is 2.61. The van der Waals surface area contributed by atoms with E-state index in [2.05, 4.69) is 10.2 Å². The van der Waals surface area contributed by atoms with E-state index < -0.39 is 0 Å². The Hall–Kier alpha value is -2.95. The summed E-state index contributed by atoms with van der Waals surface area (Å²) in [7, 11) is 1.59. The van der Waals surface area contributed by atoms with Gasteiger partial charge in [-0.05, 0) is 24.6 Å². The van der Waals surface area contributed by atoms with E-state index in [1.54, 1.807) is 19.2 Å². The van der Waals surface area contributed by atoms with E-state index in [0.29, 0.717) is 22.7 Å². The predicted molar refractivity (Wildman–Crippen MR) is 82.5 cm³/mol. The van der Waals surface area contributed by atoms with Gasteiger partial charge in [-0.3, -0.25) is 4.79 Å². The van der Waals surface area contributed by atoms with E-state index in [4.69, 9.17) is 4.74 Å². The van der Waals surface area contributed by atoms with Crippen molar-refractivity contribution < 1.29 is 9.53 Å². The molecule has 22 heavy (non-hydrogen) atoms. The van der Waals surface area contributed by atoms with Gasteiger partial charge in [-0.25, -0.2) is 0 Å². The molecule has 5 heteroatoms. The zero-order chi connectivity index (χ0) is 15.5. The summed E-state index contributed by atoms with van der Waals surface area (Å²) in [5.74, 6) is 0.498. The first kappa shape index (κ1) is 14.0. The second kappa shape index (κ2) is 5.81. The molecule has 0 N–H and O–H groups in total. The fraction of sp³-hybridized carbons (Fsp3) is 0.118. The molecule has 1 aromatic heterocycles. The number of benzene rings is 2. The molecule has 3 aromatic rings. The maximum atomic E-state index is 12.4. The smallest absolute Gasteiger partial charge is 0.214 e. The van der Waals surface area contributed by atoms with Crippen molar-refractivity contribution in [2.75, 3.05) is 7.11 Å². The molecular weight excluding hydrogens is 278 g/mol. The molecule has 0 saturated carbocycles. The largest absolute Gasteiger partial charge is 0.494 e. The fourth-order valence-electron chi connectivity index (χ4n) is 2.18. The lowest BCUT2D eigenvalue weighted by Crippen LogP contribution is -2.05. The normalized spacial score (nSPS) is 10.5. The van der Waals surface area contributed by atoms with Gasteiger partial charge in [-0.1, -0.05) is 36.4 Å². The maximum Gasteiger partial charge on any atom is 0.214 e. The van der Waals surface area contributed by atoms with Crippen molar-refractivity contribution in [3.8, 4) is 11.4 Å². The first-order valence-corrected chi connectivity index (χ1v) is 6.86. The second-order valence-electron chi connectivity index (χ2n) is 4.89. The van der Waals surface area contributed by atoms with Gasteiger partial charge >= 0.3 is 0 Å². The highest BCUT2D eigenvalue weighted by Crippen LogP contribution is 2.22. The number of aryl methyl sites for hydroxylation is 1. The average Bonchev–Trinajstić information content (AvgIpc) is 3.04. The number of nitrogens with zero attached hydrogens (tertiary/aromatic N) is 3. The third-order valence-corrected chi connectivity index (χ3v) is 3.31. The molecule has 0 unspecified atom stereocenters. The summed E-state index contributed by atoms with van der Waals surface area (Å²) in [6.07, 6.45) is 1.47. The Labute approximate surface area is 128 Å². The van der Waals surface area contributed by atoms with Crippen LogP contribution in [0.5, 0.6) is 5.75 Å². The number of methoxy groups -OCH3 is 1. The van der Waals surface area contributed by atoms with Crippen LogP contribution in [-0.4, -0.2) is 27.9 Å². The standard InChI is InChI=1S/C17H15N3O2/c1-12-8-9-16(22-2)15(10-12)20-18-11-14(19-20)17(21)13-6-4-3-5-7-13/h3-11H,1-2H3. The van der Waals surface area contributed by atoms with Crippen LogP contribution >= 0.6 is 0 Å². The summed E-state index contributed by atoms with van der Waals surface area (Å²) in [5.41, 5.74) is 2.65. The van der Waals surface area contributed by atoms with E-state index in [1.165, 1.54) is 11.0 Å². The molecule has 0 saturated heterocycles. The van der Waals surface area contributed by atoms with E-state index in [1.807, 2.05) is 43.3 Å². The molecule has 0 bridgehead atoms. The van der Waals surface area contributed by atoms with Crippen LogP contribution in [0.15, 0.2) is 54.7 Å². The first-order valence-electron chi connectivity index (χ1n) is 6.86. The van der Waals surface area contributed by atoms with Gasteiger partial charge in [0, 0.05) is 5.56 Å². The Bertz CT molecular complexity index is 810. The summed E-state index contributed by atoms with van der Waals surface area (Å²) >= 11 is 0. The second-order valence-corrected chi connectivity index (χ2v) is 4.89. The Morgan fingerprint density at radius 3 is 2.64 bits per heavy atom. The zero-order valence-electron chi connectivity index (χ0n) is 12.4. The van der Waals surface area contributed by atoms with Gasteiger partial charge in [-0.2, -0.15) is 5.10 Å². The molecule has 0 spiro atoms. The number of carbonyl (C=O) groups excluding carboxylic acids is 1. The van der Waals surface area contributed by atoms with Crippen LogP contribution in [0, 0.1) is 6.92 Å². The van der Waals surface area contributed by atoms with Crippen LogP contribution in [0.25, 0.3) is 5.69 Å². The minimum Gasteiger partial charge on any atom is -0.494 e. The predicted octanol–water partition coefficient (Wildman–Crippen LogP) is 2.82. The van der Waals surface area contributed by atoms with E-state index >= 15 is 0 Å². The molecule has 0 aliphatic carbocycles. The summed E-state index contributed by atoms with van der Waals surface area (Å²) in [6, 6.07) is 14.7. The topological polar surface area (TPSA) is 57.0 Å². The van der Waals surface area contributed by atoms with Crippen LogP contribution in [0.3, 0.4) is 0 Å². The van der Waals surface area contributed by atoms with Crippen molar-refractivity contribution in [3.63, 3.8) is 0 Å². The van der Waals surface area contributed by atoms with E-state index in [9.17, 15) is 4.79 Å². The van der Waals surface area contributed by atoms with E-state index in [-0.39, 0.29) is 5.78 Å². The number of aromatic nitrogens is 3. The number of ether oxygens (including phenoxy) is 1. The molecule has 2 aromatic carbocycles. The van der Waals surface area contributed by atoms with Crippen molar-refractivity contribution >= 4 is 5.78 Å². The van der Waals surface area contributed by atoms with E-state index in [0.717, 1.165) is 5.56 Å². The Kier molecular flexibility index (Phi) is 3.70. The summed E-state index contributed by atoms with van der Waals surface area (Å²) in [4.78, 5) is 13.8. The summed E-state index contributed by atoms with van der Waals surface area (Å²) < 4.78 is 5.32. The van der Waals surface area contributed by atoms with Crippen molar-refractivity contribution in [1.29, 1.82) is 0 Å². The van der Waals surface area contributed by atoms with Crippen LogP contribution in [0.2, 0.25) is 0 Å². The number of ketones is 1. The Balaban J connectivity index is 1.98. The van der Waals surface area contributed by atoms with Crippen molar-refractivity contribution in [3.05, 3.63) is 71.5 Å². The number of hydrogen-bond donors (Lipinski definition) is 0. The van der Waals surface area contributed by atoms with Gasteiger partial charge in [0.2, 0.25) is 5.78 Å².